The second kappa shape index (κ2) is 8.19. The number of Topliss-reactive ketones (excluding diaryl/α,β-unsaturated/α-hetero) is 1. The van der Waals surface area contributed by atoms with E-state index in [4.69, 9.17) is 4.74 Å². The maximum absolute atomic E-state index is 12.6. The number of hydrogen-bond acceptors (Lipinski definition) is 6. The van der Waals surface area contributed by atoms with Crippen LogP contribution in [0.5, 0.6) is 0 Å². The molecule has 26 heavy (non-hydrogen) atoms. The third kappa shape index (κ3) is 4.72. The molecule has 1 aliphatic heterocycles. The molecule has 0 radical (unpaired) electrons. The van der Waals surface area contributed by atoms with E-state index in [1.165, 1.54) is 6.92 Å². The topological polar surface area (TPSA) is 118 Å². The van der Waals surface area contributed by atoms with Gasteiger partial charge in [0.1, 0.15) is 16.8 Å². The van der Waals surface area contributed by atoms with Crippen LogP contribution in [0, 0.1) is 5.92 Å². The van der Waals surface area contributed by atoms with Crippen LogP contribution >= 0.6 is 0 Å². The van der Waals surface area contributed by atoms with Crippen molar-refractivity contribution in [1.82, 2.24) is 0 Å². The summed E-state index contributed by atoms with van der Waals surface area (Å²) in [7, 11) is -4.74. The molecule has 2 fully saturated rings. The lowest BCUT2D eigenvalue weighted by Gasteiger charge is -2.21. The smallest absolute Gasteiger partial charge is 0.318 e. The lowest BCUT2D eigenvalue weighted by Crippen LogP contribution is -2.45. The second-order valence-electron chi connectivity index (χ2n) is 7.37. The van der Waals surface area contributed by atoms with E-state index in [9.17, 15) is 27.7 Å². The first-order valence-corrected chi connectivity index (χ1v) is 10.7. The van der Waals surface area contributed by atoms with Gasteiger partial charge in [-0.2, -0.15) is 8.42 Å². The number of esters is 1. The summed E-state index contributed by atoms with van der Waals surface area (Å²) in [6, 6.07) is 0. The van der Waals surface area contributed by atoms with Crippen molar-refractivity contribution in [3.8, 4) is 0 Å². The van der Waals surface area contributed by atoms with Crippen LogP contribution in [0.4, 0.5) is 0 Å². The fourth-order valence-corrected chi connectivity index (χ4v) is 4.60. The first-order valence-electron chi connectivity index (χ1n) is 9.22. The molecule has 3 atom stereocenters. The van der Waals surface area contributed by atoms with Gasteiger partial charge in [0.15, 0.2) is 11.9 Å². The van der Waals surface area contributed by atoms with Gasteiger partial charge in [0.2, 0.25) is 0 Å². The molecule has 1 saturated carbocycles. The molecular formula is C18H28O7S. The Labute approximate surface area is 154 Å². The minimum Gasteiger partial charge on any atom is -0.457 e. The van der Waals surface area contributed by atoms with Crippen LogP contribution in [-0.2, 0) is 24.4 Å². The van der Waals surface area contributed by atoms with E-state index >= 15 is 0 Å². The molecule has 0 spiro atoms. The van der Waals surface area contributed by atoms with Crippen LogP contribution in [0.1, 0.15) is 65.2 Å². The van der Waals surface area contributed by atoms with Gasteiger partial charge < -0.3 is 9.84 Å². The number of rotatable bonds is 10. The molecule has 0 aromatic rings. The number of hydrogen-bond donors (Lipinski definition) is 2. The molecular weight excluding hydrogens is 360 g/mol. The molecule has 1 saturated heterocycles. The summed E-state index contributed by atoms with van der Waals surface area (Å²) in [5.41, 5.74) is -1.19. The standard InChI is InChI=1S/C18H28O7S/c1-3-4-5-6-7-8-9-12(2)14(19)13-15(26(22,23)24)16(25-17(13)20)18(21)10-11-18/h9,13,15-16,21H,3-8,10-11H2,1-2H3,(H,22,23,24)/b12-9+. The van der Waals surface area contributed by atoms with Gasteiger partial charge in [0.25, 0.3) is 10.1 Å². The Bertz CT molecular complexity index is 676. The zero-order valence-electron chi connectivity index (χ0n) is 15.3. The minimum absolute atomic E-state index is 0.268. The van der Waals surface area contributed by atoms with Crippen LogP contribution < -0.4 is 0 Å². The first-order chi connectivity index (χ1) is 12.1. The lowest BCUT2D eigenvalue weighted by molar-refractivity contribution is -0.150. The highest BCUT2D eigenvalue weighted by Gasteiger charge is 2.65. The normalized spacial score (nSPS) is 28.1. The van der Waals surface area contributed by atoms with Gasteiger partial charge in [0, 0.05) is 0 Å². The van der Waals surface area contributed by atoms with Gasteiger partial charge in [0.05, 0.1) is 0 Å². The number of ketones is 1. The first kappa shape index (κ1) is 21.1. The minimum atomic E-state index is -4.74. The van der Waals surface area contributed by atoms with E-state index in [2.05, 4.69) is 6.92 Å². The number of carbonyl (C=O) groups excluding carboxylic acids is 2. The number of carbonyl (C=O) groups is 2. The Kier molecular flexibility index (Phi) is 6.63. The van der Waals surface area contributed by atoms with Gasteiger partial charge in [-0.25, -0.2) is 0 Å². The predicted octanol–water partition coefficient (Wildman–Crippen LogP) is 2.19. The van der Waals surface area contributed by atoms with Crippen molar-refractivity contribution in [1.29, 1.82) is 0 Å². The Hall–Kier alpha value is -1.25. The summed E-state index contributed by atoms with van der Waals surface area (Å²) in [5.74, 6) is -3.30. The summed E-state index contributed by atoms with van der Waals surface area (Å²) >= 11 is 0. The molecule has 2 rings (SSSR count). The molecule has 2 aliphatic rings. The second-order valence-corrected chi connectivity index (χ2v) is 8.95. The number of cyclic esters (lactones) is 1. The van der Waals surface area contributed by atoms with Gasteiger partial charge in [-0.1, -0.05) is 38.7 Å². The van der Waals surface area contributed by atoms with Crippen LogP contribution in [0.2, 0.25) is 0 Å². The van der Waals surface area contributed by atoms with Gasteiger partial charge in [-0.15, -0.1) is 0 Å². The highest BCUT2D eigenvalue weighted by Crippen LogP contribution is 2.47. The molecule has 148 valence electrons. The number of unbranched alkanes of at least 4 members (excludes halogenated alkanes) is 5. The third-order valence-corrected chi connectivity index (χ3v) is 6.40. The molecule has 1 aliphatic carbocycles. The van der Waals surface area contributed by atoms with Gasteiger partial charge in [-0.3, -0.25) is 14.1 Å². The van der Waals surface area contributed by atoms with Crippen molar-refractivity contribution in [3.63, 3.8) is 0 Å². The summed E-state index contributed by atoms with van der Waals surface area (Å²) < 4.78 is 38.2. The average Bonchev–Trinajstić information content (AvgIpc) is 3.19. The van der Waals surface area contributed by atoms with Gasteiger partial charge >= 0.3 is 5.97 Å². The maximum atomic E-state index is 12.6. The van der Waals surface area contributed by atoms with Crippen LogP contribution in [0.25, 0.3) is 0 Å². The summed E-state index contributed by atoms with van der Waals surface area (Å²) in [4.78, 5) is 24.8. The van der Waals surface area contributed by atoms with E-state index in [0.717, 1.165) is 32.1 Å². The van der Waals surface area contributed by atoms with Gasteiger partial charge in [-0.05, 0) is 38.2 Å². The summed E-state index contributed by atoms with van der Waals surface area (Å²) in [6.45, 7) is 3.66. The van der Waals surface area contributed by atoms with Crippen molar-refractivity contribution in [3.05, 3.63) is 11.6 Å². The number of allylic oxidation sites excluding steroid dienone is 2. The molecule has 0 amide bonds. The van der Waals surface area contributed by atoms with E-state index in [0.29, 0.717) is 6.42 Å². The Morgan fingerprint density at radius 3 is 2.42 bits per heavy atom. The molecule has 2 N–H and O–H groups in total. The van der Waals surface area contributed by atoms with E-state index < -0.39 is 44.7 Å². The third-order valence-electron chi connectivity index (χ3n) is 5.19. The zero-order valence-corrected chi connectivity index (χ0v) is 16.1. The fourth-order valence-electron chi connectivity index (χ4n) is 3.40. The molecule has 8 heteroatoms. The Balaban J connectivity index is 2.09. The highest BCUT2D eigenvalue weighted by molar-refractivity contribution is 7.86. The van der Waals surface area contributed by atoms with Crippen molar-refractivity contribution in [2.24, 2.45) is 5.92 Å². The van der Waals surface area contributed by atoms with Crippen LogP contribution in [-0.4, -0.2) is 46.8 Å². The van der Waals surface area contributed by atoms with Crippen LogP contribution in [0.3, 0.4) is 0 Å². The lowest BCUT2D eigenvalue weighted by atomic mass is 9.92. The fraction of sp³-hybridized carbons (Fsp3) is 0.778. The largest absolute Gasteiger partial charge is 0.457 e. The Morgan fingerprint density at radius 2 is 1.88 bits per heavy atom. The highest BCUT2D eigenvalue weighted by atomic mass is 32.2. The average molecular weight is 388 g/mol. The number of aliphatic hydroxyl groups is 1. The maximum Gasteiger partial charge on any atom is 0.318 e. The SMILES string of the molecule is CCCCCCC/C=C(\C)C(=O)C1C(=O)OC(C2(O)CC2)C1S(=O)(=O)O. The van der Waals surface area contributed by atoms with Crippen molar-refractivity contribution in [2.45, 2.75) is 82.2 Å². The predicted molar refractivity (Wildman–Crippen MR) is 95.0 cm³/mol. The zero-order chi connectivity index (χ0) is 19.5. The summed E-state index contributed by atoms with van der Waals surface area (Å²) in [6.07, 6.45) is 6.86. The monoisotopic (exact) mass is 388 g/mol. The summed E-state index contributed by atoms with van der Waals surface area (Å²) in [5, 5.41) is 8.42. The van der Waals surface area contributed by atoms with Crippen LogP contribution in [0.15, 0.2) is 11.6 Å². The molecule has 0 aromatic heterocycles. The van der Waals surface area contributed by atoms with Crippen molar-refractivity contribution >= 4 is 21.9 Å². The van der Waals surface area contributed by atoms with E-state index in [1.54, 1.807) is 6.08 Å². The molecule has 7 nitrogen and oxygen atoms in total. The molecule has 0 bridgehead atoms. The quantitative estimate of drug-likeness (QED) is 0.194. The van der Waals surface area contributed by atoms with Crippen molar-refractivity contribution < 1.29 is 32.4 Å². The Morgan fingerprint density at radius 1 is 1.27 bits per heavy atom. The van der Waals surface area contributed by atoms with E-state index in [-0.39, 0.29) is 18.4 Å². The number of ether oxygens (including phenoxy) is 1. The van der Waals surface area contributed by atoms with Crippen molar-refractivity contribution in [2.75, 3.05) is 0 Å². The molecule has 3 unspecified atom stereocenters. The molecule has 0 aromatic carbocycles. The van der Waals surface area contributed by atoms with E-state index in [1.807, 2.05) is 0 Å². The molecule has 1 heterocycles.